The first-order valence-electron chi connectivity index (χ1n) is 6.72. The minimum Gasteiger partial charge on any atom is -0.390 e. The van der Waals surface area contributed by atoms with Gasteiger partial charge in [-0.25, -0.2) is 0 Å². The number of aliphatic hydroxyl groups is 1. The number of fused-ring (bicyclic) bond motifs is 1. The Hall–Kier alpha value is -2.31. The van der Waals surface area contributed by atoms with Crippen molar-refractivity contribution >= 4 is 21.0 Å². The minimum atomic E-state index is -3.90. The van der Waals surface area contributed by atoms with Crippen molar-refractivity contribution in [3.63, 3.8) is 0 Å². The Labute approximate surface area is 128 Å². The lowest BCUT2D eigenvalue weighted by Gasteiger charge is -2.08. The highest BCUT2D eigenvalue weighted by Gasteiger charge is 2.18. The van der Waals surface area contributed by atoms with Gasteiger partial charge in [0.1, 0.15) is 4.90 Å². The summed E-state index contributed by atoms with van der Waals surface area (Å²) in [7, 11) is -3.90. The predicted molar refractivity (Wildman–Crippen MR) is 83.2 cm³/mol. The van der Waals surface area contributed by atoms with Crippen molar-refractivity contribution in [2.75, 3.05) is 0 Å². The van der Waals surface area contributed by atoms with Crippen molar-refractivity contribution in [1.82, 2.24) is 4.98 Å². The second kappa shape index (κ2) is 5.47. The fourth-order valence-electron chi connectivity index (χ4n) is 2.21. The molecule has 3 aromatic rings. The summed E-state index contributed by atoms with van der Waals surface area (Å²) in [5.41, 5.74) is 2.11. The average Bonchev–Trinajstić information content (AvgIpc) is 2.92. The van der Waals surface area contributed by atoms with Gasteiger partial charge >= 0.3 is 10.1 Å². The van der Waals surface area contributed by atoms with Gasteiger partial charge in [-0.3, -0.25) is 0 Å². The summed E-state index contributed by atoms with van der Waals surface area (Å²) in [6, 6.07) is 13.3. The zero-order valence-electron chi connectivity index (χ0n) is 11.9. The van der Waals surface area contributed by atoms with Gasteiger partial charge in [0.25, 0.3) is 0 Å². The first-order valence-corrected chi connectivity index (χ1v) is 8.13. The molecule has 2 N–H and O–H groups in total. The number of aliphatic hydroxyl groups excluding tert-OH is 1. The zero-order chi connectivity index (χ0) is 15.7. The van der Waals surface area contributed by atoms with Crippen molar-refractivity contribution < 1.29 is 17.7 Å². The van der Waals surface area contributed by atoms with Crippen molar-refractivity contribution in [2.24, 2.45) is 0 Å². The number of hydrogen-bond donors (Lipinski definition) is 2. The molecule has 0 fully saturated rings. The molecule has 114 valence electrons. The molecule has 3 rings (SSSR count). The summed E-state index contributed by atoms with van der Waals surface area (Å²) >= 11 is 0. The molecule has 0 aliphatic rings. The fraction of sp³-hybridized carbons (Fsp3) is 0.125. The van der Waals surface area contributed by atoms with Crippen LogP contribution in [0, 0.1) is 6.92 Å². The summed E-state index contributed by atoms with van der Waals surface area (Å²) in [5, 5.41) is 9.95. The number of aromatic amines is 1. The Morgan fingerprint density at radius 1 is 1.14 bits per heavy atom. The maximum absolute atomic E-state index is 12.3. The third-order valence-corrected chi connectivity index (χ3v) is 4.60. The van der Waals surface area contributed by atoms with Gasteiger partial charge in [-0.05, 0) is 31.2 Å². The second-order valence-electron chi connectivity index (χ2n) is 5.02. The highest BCUT2D eigenvalue weighted by atomic mass is 32.2. The first-order chi connectivity index (χ1) is 10.5. The lowest BCUT2D eigenvalue weighted by molar-refractivity contribution is 0.278. The van der Waals surface area contributed by atoms with Gasteiger partial charge < -0.3 is 14.3 Å². The number of nitrogens with one attached hydrogen (secondary N) is 1. The number of benzene rings is 2. The highest BCUT2D eigenvalue weighted by Crippen LogP contribution is 2.28. The number of H-pyrrole nitrogens is 1. The average molecular weight is 317 g/mol. The molecule has 1 aromatic heterocycles. The Bertz CT molecular complexity index is 911. The number of rotatable bonds is 4. The first kappa shape index (κ1) is 14.6. The lowest BCUT2D eigenvalue weighted by atomic mass is 10.2. The predicted octanol–water partition coefficient (Wildman–Crippen LogP) is 2.74. The summed E-state index contributed by atoms with van der Waals surface area (Å²) in [6.07, 6.45) is 0. The SMILES string of the molecule is Cc1ccc(S(=O)(=O)Oc2cccc3cc(CO)[nH]c23)cc1. The van der Waals surface area contributed by atoms with E-state index in [0.29, 0.717) is 11.2 Å². The molecule has 22 heavy (non-hydrogen) atoms. The molecule has 0 spiro atoms. The smallest absolute Gasteiger partial charge is 0.339 e. The van der Waals surface area contributed by atoms with Crippen LogP contribution in [0.2, 0.25) is 0 Å². The van der Waals surface area contributed by atoms with E-state index in [1.807, 2.05) is 13.0 Å². The van der Waals surface area contributed by atoms with Crippen molar-refractivity contribution in [2.45, 2.75) is 18.4 Å². The van der Waals surface area contributed by atoms with Gasteiger partial charge in [-0.15, -0.1) is 0 Å². The molecule has 0 bridgehead atoms. The quantitative estimate of drug-likeness (QED) is 0.725. The van der Waals surface area contributed by atoms with Crippen molar-refractivity contribution in [3.8, 4) is 5.75 Å². The maximum atomic E-state index is 12.3. The highest BCUT2D eigenvalue weighted by molar-refractivity contribution is 7.87. The van der Waals surface area contributed by atoms with E-state index < -0.39 is 10.1 Å². The fourth-order valence-corrected chi connectivity index (χ4v) is 3.15. The summed E-state index contributed by atoms with van der Waals surface area (Å²) in [4.78, 5) is 3.06. The Kier molecular flexibility index (Phi) is 3.64. The summed E-state index contributed by atoms with van der Waals surface area (Å²) < 4.78 is 30.0. The Balaban J connectivity index is 2.02. The van der Waals surface area contributed by atoms with Crippen LogP contribution in [0.4, 0.5) is 0 Å². The van der Waals surface area contributed by atoms with Crippen LogP contribution in [0.25, 0.3) is 10.9 Å². The van der Waals surface area contributed by atoms with Gasteiger partial charge in [-0.1, -0.05) is 29.8 Å². The zero-order valence-corrected chi connectivity index (χ0v) is 12.7. The minimum absolute atomic E-state index is 0.101. The largest absolute Gasteiger partial charge is 0.390 e. The van der Waals surface area contributed by atoms with Crippen LogP contribution in [0.3, 0.4) is 0 Å². The van der Waals surface area contributed by atoms with E-state index in [9.17, 15) is 13.5 Å². The van der Waals surface area contributed by atoms with Gasteiger partial charge in [0.15, 0.2) is 5.75 Å². The molecule has 1 heterocycles. The molecule has 0 aliphatic carbocycles. The molecule has 0 aliphatic heterocycles. The standard InChI is InChI=1S/C16H15NO4S/c1-11-5-7-14(8-6-11)22(19,20)21-15-4-2-3-12-9-13(10-18)17-16(12)15/h2-9,17-18H,10H2,1H3. The number of aryl methyl sites for hydroxylation is 1. The lowest BCUT2D eigenvalue weighted by Crippen LogP contribution is -2.10. The van der Waals surface area contributed by atoms with E-state index in [4.69, 9.17) is 4.18 Å². The molecule has 0 saturated carbocycles. The molecule has 0 amide bonds. The molecule has 5 nitrogen and oxygen atoms in total. The second-order valence-corrected chi connectivity index (χ2v) is 6.57. The van der Waals surface area contributed by atoms with E-state index in [1.54, 1.807) is 30.3 Å². The van der Waals surface area contributed by atoms with Crippen LogP contribution in [0.15, 0.2) is 53.4 Å². The molecule has 0 radical (unpaired) electrons. The Morgan fingerprint density at radius 3 is 2.55 bits per heavy atom. The van der Waals surface area contributed by atoms with Crippen molar-refractivity contribution in [3.05, 3.63) is 59.8 Å². The summed E-state index contributed by atoms with van der Waals surface area (Å²) in [5.74, 6) is 0.206. The van der Waals surface area contributed by atoms with Crippen LogP contribution < -0.4 is 4.18 Å². The van der Waals surface area contributed by atoms with E-state index >= 15 is 0 Å². The van der Waals surface area contributed by atoms with Crippen LogP contribution in [0.1, 0.15) is 11.3 Å². The number of hydrogen-bond acceptors (Lipinski definition) is 4. The van der Waals surface area contributed by atoms with Crippen molar-refractivity contribution in [1.29, 1.82) is 0 Å². The van der Waals surface area contributed by atoms with Gasteiger partial charge in [-0.2, -0.15) is 8.42 Å². The topological polar surface area (TPSA) is 79.4 Å². The van der Waals surface area contributed by atoms with E-state index in [1.165, 1.54) is 12.1 Å². The number of para-hydroxylation sites is 1. The van der Waals surface area contributed by atoms with E-state index in [-0.39, 0.29) is 17.3 Å². The molecule has 0 unspecified atom stereocenters. The van der Waals surface area contributed by atoms with Crippen LogP contribution in [-0.2, 0) is 16.7 Å². The van der Waals surface area contributed by atoms with Gasteiger partial charge in [0, 0.05) is 11.1 Å². The van der Waals surface area contributed by atoms with Gasteiger partial charge in [0.05, 0.1) is 12.1 Å². The third kappa shape index (κ3) is 2.70. The van der Waals surface area contributed by atoms with E-state index in [2.05, 4.69) is 4.98 Å². The molecular formula is C16H15NO4S. The molecular weight excluding hydrogens is 302 g/mol. The van der Waals surface area contributed by atoms with Crippen LogP contribution in [0.5, 0.6) is 5.75 Å². The summed E-state index contributed by atoms with van der Waals surface area (Å²) in [6.45, 7) is 1.73. The maximum Gasteiger partial charge on any atom is 0.339 e. The van der Waals surface area contributed by atoms with Crippen LogP contribution in [-0.4, -0.2) is 18.5 Å². The molecule has 0 atom stereocenters. The monoisotopic (exact) mass is 317 g/mol. The van der Waals surface area contributed by atoms with Gasteiger partial charge in [0.2, 0.25) is 0 Å². The third-order valence-electron chi connectivity index (χ3n) is 3.35. The Morgan fingerprint density at radius 2 is 1.86 bits per heavy atom. The van der Waals surface area contributed by atoms with E-state index in [0.717, 1.165) is 10.9 Å². The molecule has 2 aromatic carbocycles. The molecule has 0 saturated heterocycles. The normalized spacial score (nSPS) is 11.7. The van der Waals surface area contributed by atoms with Crippen LogP contribution >= 0.6 is 0 Å². The molecule has 6 heteroatoms. The number of aromatic nitrogens is 1.